The first-order valence-corrected chi connectivity index (χ1v) is 10.1. The fourth-order valence-electron chi connectivity index (χ4n) is 3.59. The van der Waals surface area contributed by atoms with Gasteiger partial charge in [0.15, 0.2) is 0 Å². The van der Waals surface area contributed by atoms with Gasteiger partial charge in [-0.05, 0) is 44.6 Å². The molecule has 2 N–H and O–H groups in total. The summed E-state index contributed by atoms with van der Waals surface area (Å²) in [5.74, 6) is -0.192. The molecule has 1 aliphatic rings. The molecule has 3 rings (SSSR count). The van der Waals surface area contributed by atoms with Gasteiger partial charge in [0.2, 0.25) is 5.91 Å². The van der Waals surface area contributed by atoms with Crippen LogP contribution in [0.3, 0.4) is 0 Å². The molecule has 0 fully saturated rings. The van der Waals surface area contributed by atoms with Crippen molar-refractivity contribution < 1.29 is 14.7 Å². The van der Waals surface area contributed by atoms with Crippen LogP contribution in [0, 0.1) is 5.92 Å². The zero-order valence-corrected chi connectivity index (χ0v) is 16.7. The molecule has 1 aliphatic carbocycles. The summed E-state index contributed by atoms with van der Waals surface area (Å²) in [6.45, 7) is 5.46. The van der Waals surface area contributed by atoms with Crippen LogP contribution >= 0.6 is 11.3 Å². The maximum atomic E-state index is 12.6. The van der Waals surface area contributed by atoms with E-state index in [1.165, 1.54) is 9.78 Å². The van der Waals surface area contributed by atoms with Crippen LogP contribution in [0.5, 0.6) is 0 Å². The number of aryl methyl sites for hydroxylation is 2. The third kappa shape index (κ3) is 4.21. The fraction of sp³-hybridized carbons (Fsp3) is 0.579. The number of carboxylic acids is 1. The topological polar surface area (TPSA) is 103 Å². The summed E-state index contributed by atoms with van der Waals surface area (Å²) in [5.41, 5.74) is 0.998. The Morgan fingerprint density at radius 2 is 2.15 bits per heavy atom. The van der Waals surface area contributed by atoms with Crippen molar-refractivity contribution in [1.82, 2.24) is 14.9 Å². The molecule has 146 valence electrons. The summed E-state index contributed by atoms with van der Waals surface area (Å²) >= 11 is 1.58. The number of carboxylic acid groups (broad SMARTS) is 1. The van der Waals surface area contributed by atoms with Gasteiger partial charge < -0.3 is 15.0 Å². The van der Waals surface area contributed by atoms with Crippen LogP contribution in [-0.2, 0) is 28.9 Å². The third-order valence-electron chi connectivity index (χ3n) is 5.04. The summed E-state index contributed by atoms with van der Waals surface area (Å²) in [5, 5.41) is 9.67. The Kier molecular flexibility index (Phi) is 5.64. The molecule has 0 aromatic carbocycles. The number of aliphatic carboxylic acids is 1. The number of amides is 1. The van der Waals surface area contributed by atoms with Crippen LogP contribution in [0.2, 0.25) is 0 Å². The number of aromatic amines is 1. The average molecular weight is 391 g/mol. The number of hydrogen-bond donors (Lipinski definition) is 2. The zero-order chi connectivity index (χ0) is 19.7. The van der Waals surface area contributed by atoms with E-state index in [2.05, 4.69) is 16.9 Å². The average Bonchev–Trinajstić information content (AvgIpc) is 2.94. The number of aromatic nitrogens is 2. The second kappa shape index (κ2) is 7.80. The molecule has 2 aromatic heterocycles. The van der Waals surface area contributed by atoms with E-state index in [9.17, 15) is 14.4 Å². The largest absolute Gasteiger partial charge is 0.480 e. The SMILES string of the molecule is CC1CCc2c(sc3nc(CCC(=O)N(CC(=O)O)C(C)C)[nH]c(=O)c23)C1. The van der Waals surface area contributed by atoms with Gasteiger partial charge in [-0.1, -0.05) is 6.92 Å². The maximum Gasteiger partial charge on any atom is 0.323 e. The van der Waals surface area contributed by atoms with E-state index in [0.717, 1.165) is 29.7 Å². The van der Waals surface area contributed by atoms with Crippen LogP contribution < -0.4 is 5.56 Å². The number of nitrogens with one attached hydrogen (secondary N) is 1. The molecule has 2 aromatic rings. The van der Waals surface area contributed by atoms with Gasteiger partial charge in [-0.25, -0.2) is 4.98 Å². The van der Waals surface area contributed by atoms with Gasteiger partial charge in [0.05, 0.1) is 5.39 Å². The molecule has 2 heterocycles. The highest BCUT2D eigenvalue weighted by molar-refractivity contribution is 7.18. The van der Waals surface area contributed by atoms with Crippen LogP contribution in [-0.4, -0.2) is 44.4 Å². The highest BCUT2D eigenvalue weighted by Gasteiger charge is 2.24. The first-order valence-electron chi connectivity index (χ1n) is 9.31. The lowest BCUT2D eigenvalue weighted by Crippen LogP contribution is -2.40. The predicted octanol–water partition coefficient (Wildman–Crippen LogP) is 2.36. The minimum absolute atomic E-state index is 0.113. The van der Waals surface area contributed by atoms with E-state index in [-0.39, 0.29) is 36.9 Å². The monoisotopic (exact) mass is 391 g/mol. The van der Waals surface area contributed by atoms with Gasteiger partial charge in [0.1, 0.15) is 17.2 Å². The van der Waals surface area contributed by atoms with Gasteiger partial charge in [-0.2, -0.15) is 0 Å². The number of rotatable bonds is 6. The molecule has 27 heavy (non-hydrogen) atoms. The van der Waals surface area contributed by atoms with Crippen LogP contribution in [0.4, 0.5) is 0 Å². The lowest BCUT2D eigenvalue weighted by atomic mass is 9.89. The molecule has 0 aliphatic heterocycles. The highest BCUT2D eigenvalue weighted by atomic mass is 32.1. The number of thiophene rings is 1. The smallest absolute Gasteiger partial charge is 0.323 e. The molecule has 0 radical (unpaired) electrons. The highest BCUT2D eigenvalue weighted by Crippen LogP contribution is 2.35. The molecule has 0 bridgehead atoms. The van der Waals surface area contributed by atoms with Gasteiger partial charge >= 0.3 is 5.97 Å². The molecule has 0 saturated heterocycles. The van der Waals surface area contributed by atoms with Gasteiger partial charge in [0, 0.05) is 23.8 Å². The first kappa shape index (κ1) is 19.5. The summed E-state index contributed by atoms with van der Waals surface area (Å²) in [7, 11) is 0. The zero-order valence-electron chi connectivity index (χ0n) is 15.9. The number of carbonyl (C=O) groups is 2. The Hall–Kier alpha value is -2.22. The molecule has 0 spiro atoms. The Morgan fingerprint density at radius 3 is 2.81 bits per heavy atom. The molecule has 1 unspecified atom stereocenters. The number of H-pyrrole nitrogens is 1. The van der Waals surface area contributed by atoms with Crippen molar-refractivity contribution in [3.8, 4) is 0 Å². The number of nitrogens with zero attached hydrogens (tertiary/aromatic N) is 2. The van der Waals surface area contributed by atoms with Crippen LogP contribution in [0.25, 0.3) is 10.2 Å². The van der Waals surface area contributed by atoms with E-state index >= 15 is 0 Å². The van der Waals surface area contributed by atoms with E-state index in [4.69, 9.17) is 5.11 Å². The standard InChI is InChI=1S/C19H25N3O4S/c1-10(2)22(9-16(24)25)15(23)7-6-14-20-18(26)17-12-5-4-11(3)8-13(12)27-19(17)21-14/h10-11H,4-9H2,1-3H3,(H,24,25)(H,20,21,26). The lowest BCUT2D eigenvalue weighted by molar-refractivity contribution is -0.145. The van der Waals surface area contributed by atoms with Crippen LogP contribution in [0.1, 0.15) is 49.9 Å². The molecular formula is C19H25N3O4S. The van der Waals surface area contributed by atoms with E-state index in [0.29, 0.717) is 17.1 Å². The van der Waals surface area contributed by atoms with Crippen molar-refractivity contribution in [2.45, 2.75) is 58.9 Å². The Morgan fingerprint density at radius 1 is 1.41 bits per heavy atom. The van der Waals surface area contributed by atoms with Gasteiger partial charge in [0.25, 0.3) is 5.56 Å². The summed E-state index contributed by atoms with van der Waals surface area (Å²) in [6, 6.07) is -0.200. The van der Waals surface area contributed by atoms with E-state index < -0.39 is 5.97 Å². The van der Waals surface area contributed by atoms with Crippen molar-refractivity contribution in [1.29, 1.82) is 0 Å². The van der Waals surface area contributed by atoms with Crippen molar-refractivity contribution in [2.75, 3.05) is 6.54 Å². The maximum absolute atomic E-state index is 12.6. The molecular weight excluding hydrogens is 366 g/mol. The third-order valence-corrected chi connectivity index (χ3v) is 6.19. The Labute approximate surface area is 161 Å². The molecule has 8 heteroatoms. The summed E-state index contributed by atoms with van der Waals surface area (Å²) < 4.78 is 0. The summed E-state index contributed by atoms with van der Waals surface area (Å²) in [6.07, 6.45) is 3.39. The Bertz CT molecular complexity index is 931. The van der Waals surface area contributed by atoms with E-state index in [1.54, 1.807) is 25.2 Å². The van der Waals surface area contributed by atoms with Gasteiger partial charge in [-0.15, -0.1) is 11.3 Å². The Balaban J connectivity index is 1.79. The second-order valence-electron chi connectivity index (χ2n) is 7.55. The quantitative estimate of drug-likeness (QED) is 0.787. The van der Waals surface area contributed by atoms with E-state index in [1.807, 2.05) is 0 Å². The number of carbonyl (C=O) groups excluding carboxylic acids is 1. The minimum Gasteiger partial charge on any atom is -0.480 e. The molecule has 1 atom stereocenters. The lowest BCUT2D eigenvalue weighted by Gasteiger charge is -2.24. The molecule has 0 saturated carbocycles. The van der Waals surface area contributed by atoms with Crippen molar-refractivity contribution in [3.05, 3.63) is 26.6 Å². The van der Waals surface area contributed by atoms with Crippen molar-refractivity contribution in [3.63, 3.8) is 0 Å². The minimum atomic E-state index is -1.04. The number of hydrogen-bond acceptors (Lipinski definition) is 5. The van der Waals surface area contributed by atoms with Crippen molar-refractivity contribution in [2.24, 2.45) is 5.92 Å². The van der Waals surface area contributed by atoms with Crippen molar-refractivity contribution >= 4 is 33.4 Å². The summed E-state index contributed by atoms with van der Waals surface area (Å²) in [4.78, 5) is 46.6. The normalized spacial score (nSPS) is 16.5. The number of fused-ring (bicyclic) bond motifs is 3. The predicted molar refractivity (Wildman–Crippen MR) is 104 cm³/mol. The molecule has 7 nitrogen and oxygen atoms in total. The first-order chi connectivity index (χ1) is 12.8. The second-order valence-corrected chi connectivity index (χ2v) is 8.64. The van der Waals surface area contributed by atoms with Crippen LogP contribution in [0.15, 0.2) is 4.79 Å². The van der Waals surface area contributed by atoms with Gasteiger partial charge in [-0.3, -0.25) is 14.4 Å². The molecule has 1 amide bonds. The fourth-order valence-corrected chi connectivity index (χ4v) is 4.99.